The van der Waals surface area contributed by atoms with Crippen LogP contribution in [-0.2, 0) is 16.1 Å². The number of amides is 2. The van der Waals surface area contributed by atoms with E-state index in [2.05, 4.69) is 5.32 Å². The molecule has 1 aliphatic rings. The second-order valence-corrected chi connectivity index (χ2v) is 6.93. The average Bonchev–Trinajstić information content (AvgIpc) is 3.10. The number of carbonyl (C=O) groups excluding carboxylic acids is 2. The molecular weight excluding hydrogens is 327 g/mol. The fourth-order valence-corrected chi connectivity index (χ4v) is 4.02. The van der Waals surface area contributed by atoms with Crippen LogP contribution >= 0.6 is 11.3 Å². The molecule has 2 aromatic rings. The largest absolute Gasteiger partial charge is 0.352 e. The lowest BCUT2D eigenvalue weighted by atomic mass is 9.87. The summed E-state index contributed by atoms with van der Waals surface area (Å²) in [5.74, 6) is -0.574. The van der Waals surface area contributed by atoms with E-state index in [1.54, 1.807) is 35.4 Å². The molecule has 3 rings (SSSR count). The number of benzene rings is 1. The van der Waals surface area contributed by atoms with E-state index in [1.807, 2.05) is 17.5 Å². The highest BCUT2D eigenvalue weighted by atomic mass is 32.1. The van der Waals surface area contributed by atoms with Crippen LogP contribution < -0.4 is 5.32 Å². The molecule has 2 amide bonds. The molecule has 1 saturated heterocycles. The molecule has 2 heterocycles. The van der Waals surface area contributed by atoms with Gasteiger partial charge in [-0.2, -0.15) is 0 Å². The molecule has 0 aliphatic carbocycles. The van der Waals surface area contributed by atoms with Crippen molar-refractivity contribution in [3.8, 4) is 0 Å². The Balaban J connectivity index is 1.72. The topological polar surface area (TPSA) is 49.4 Å². The van der Waals surface area contributed by atoms with Gasteiger partial charge in [0.1, 0.15) is 5.82 Å². The third-order valence-corrected chi connectivity index (χ3v) is 5.36. The zero-order valence-electron chi connectivity index (χ0n) is 13.4. The standard InChI is InChI=1S/C18H19FN2O2S/c1-21-16(22)9-8-14(17(21)15-3-2-10-24-15)18(23)20-11-12-4-6-13(19)7-5-12/h2-7,10,14,17H,8-9,11H2,1H3,(H,20,23)/t14-,17-/m0/s1. The summed E-state index contributed by atoms with van der Waals surface area (Å²) in [5, 5.41) is 4.87. The molecule has 126 valence electrons. The predicted octanol–water partition coefficient (Wildman–Crippen LogP) is 3.11. The third-order valence-electron chi connectivity index (χ3n) is 4.41. The molecule has 1 aromatic heterocycles. The van der Waals surface area contributed by atoms with Crippen LogP contribution in [0.2, 0.25) is 0 Å². The smallest absolute Gasteiger partial charge is 0.225 e. The maximum atomic E-state index is 12.9. The summed E-state index contributed by atoms with van der Waals surface area (Å²) >= 11 is 1.56. The van der Waals surface area contributed by atoms with Gasteiger partial charge in [-0.05, 0) is 35.6 Å². The van der Waals surface area contributed by atoms with Gasteiger partial charge in [-0.1, -0.05) is 18.2 Å². The van der Waals surface area contributed by atoms with Gasteiger partial charge in [0.05, 0.1) is 12.0 Å². The number of thiophene rings is 1. The maximum absolute atomic E-state index is 12.9. The average molecular weight is 346 g/mol. The van der Waals surface area contributed by atoms with E-state index >= 15 is 0 Å². The van der Waals surface area contributed by atoms with Crippen molar-refractivity contribution in [2.75, 3.05) is 7.05 Å². The van der Waals surface area contributed by atoms with Gasteiger partial charge in [-0.3, -0.25) is 9.59 Å². The van der Waals surface area contributed by atoms with Crippen LogP contribution in [0.25, 0.3) is 0 Å². The quantitative estimate of drug-likeness (QED) is 0.925. The fraction of sp³-hybridized carbons (Fsp3) is 0.333. The molecule has 0 saturated carbocycles. The van der Waals surface area contributed by atoms with E-state index in [0.717, 1.165) is 10.4 Å². The minimum absolute atomic E-state index is 0.0657. The predicted molar refractivity (Wildman–Crippen MR) is 90.8 cm³/mol. The van der Waals surface area contributed by atoms with Crippen LogP contribution in [0.15, 0.2) is 41.8 Å². The monoisotopic (exact) mass is 346 g/mol. The van der Waals surface area contributed by atoms with Gasteiger partial charge in [-0.25, -0.2) is 4.39 Å². The number of nitrogens with zero attached hydrogens (tertiary/aromatic N) is 1. The van der Waals surface area contributed by atoms with Gasteiger partial charge in [-0.15, -0.1) is 11.3 Å². The van der Waals surface area contributed by atoms with E-state index in [0.29, 0.717) is 19.4 Å². The van der Waals surface area contributed by atoms with E-state index in [4.69, 9.17) is 0 Å². The van der Waals surface area contributed by atoms with Crippen LogP contribution in [0.5, 0.6) is 0 Å². The van der Waals surface area contributed by atoms with Gasteiger partial charge in [0, 0.05) is 24.9 Å². The first-order chi connectivity index (χ1) is 11.6. The summed E-state index contributed by atoms with van der Waals surface area (Å²) in [5.41, 5.74) is 0.845. The first kappa shape index (κ1) is 16.6. The fourth-order valence-electron chi connectivity index (χ4n) is 3.08. The summed E-state index contributed by atoms with van der Waals surface area (Å²) in [7, 11) is 1.76. The molecular formula is C18H19FN2O2S. The molecule has 4 nitrogen and oxygen atoms in total. The highest BCUT2D eigenvalue weighted by Gasteiger charge is 2.39. The molecule has 1 fully saturated rings. The summed E-state index contributed by atoms with van der Waals surface area (Å²) in [4.78, 5) is 27.4. The minimum atomic E-state index is -0.296. The number of hydrogen-bond donors (Lipinski definition) is 1. The zero-order chi connectivity index (χ0) is 17.1. The molecule has 0 unspecified atom stereocenters. The van der Waals surface area contributed by atoms with E-state index in [9.17, 15) is 14.0 Å². The van der Waals surface area contributed by atoms with Crippen LogP contribution in [0.3, 0.4) is 0 Å². The Morgan fingerprint density at radius 3 is 2.75 bits per heavy atom. The number of likely N-dealkylation sites (tertiary alicyclic amines) is 1. The van der Waals surface area contributed by atoms with Crippen LogP contribution in [0.1, 0.15) is 29.3 Å². The van der Waals surface area contributed by atoms with Gasteiger partial charge in [0.2, 0.25) is 11.8 Å². The van der Waals surface area contributed by atoms with Crippen molar-refractivity contribution in [2.24, 2.45) is 5.92 Å². The lowest BCUT2D eigenvalue weighted by molar-refractivity contribution is -0.141. The Hall–Kier alpha value is -2.21. The first-order valence-corrected chi connectivity index (χ1v) is 8.75. The number of piperidine rings is 1. The number of carbonyl (C=O) groups is 2. The highest BCUT2D eigenvalue weighted by Crippen LogP contribution is 2.37. The van der Waals surface area contributed by atoms with Crippen molar-refractivity contribution in [3.05, 3.63) is 58.0 Å². The normalized spacial score (nSPS) is 20.9. The SMILES string of the molecule is CN1C(=O)CC[C@H](C(=O)NCc2ccc(F)cc2)[C@H]1c1cccs1. The van der Waals surface area contributed by atoms with Crippen molar-refractivity contribution in [1.82, 2.24) is 10.2 Å². The Kier molecular flexibility index (Phi) is 4.94. The minimum Gasteiger partial charge on any atom is -0.352 e. The lowest BCUT2D eigenvalue weighted by Crippen LogP contribution is -2.45. The molecule has 0 bridgehead atoms. The number of rotatable bonds is 4. The van der Waals surface area contributed by atoms with Gasteiger partial charge >= 0.3 is 0 Å². The lowest BCUT2D eigenvalue weighted by Gasteiger charge is -2.37. The Morgan fingerprint density at radius 1 is 1.33 bits per heavy atom. The second kappa shape index (κ2) is 7.13. The maximum Gasteiger partial charge on any atom is 0.225 e. The van der Waals surface area contributed by atoms with Crippen molar-refractivity contribution in [2.45, 2.75) is 25.4 Å². The Morgan fingerprint density at radius 2 is 2.08 bits per heavy atom. The van der Waals surface area contributed by atoms with Crippen molar-refractivity contribution >= 4 is 23.2 Å². The molecule has 0 spiro atoms. The second-order valence-electron chi connectivity index (χ2n) is 5.95. The summed E-state index contributed by atoms with van der Waals surface area (Å²) < 4.78 is 12.9. The van der Waals surface area contributed by atoms with Gasteiger partial charge in [0.15, 0.2) is 0 Å². The first-order valence-electron chi connectivity index (χ1n) is 7.87. The van der Waals surface area contributed by atoms with Crippen molar-refractivity contribution in [3.63, 3.8) is 0 Å². The van der Waals surface area contributed by atoms with Gasteiger partial charge in [0.25, 0.3) is 0 Å². The summed E-state index contributed by atoms with van der Waals surface area (Å²) in [6.45, 7) is 0.352. The molecule has 6 heteroatoms. The van der Waals surface area contributed by atoms with Crippen LogP contribution in [0.4, 0.5) is 4.39 Å². The van der Waals surface area contributed by atoms with Crippen molar-refractivity contribution < 1.29 is 14.0 Å². The van der Waals surface area contributed by atoms with E-state index in [-0.39, 0.29) is 29.6 Å². The van der Waals surface area contributed by atoms with Crippen LogP contribution in [0, 0.1) is 11.7 Å². The zero-order valence-corrected chi connectivity index (χ0v) is 14.2. The number of nitrogens with one attached hydrogen (secondary N) is 1. The van der Waals surface area contributed by atoms with Crippen LogP contribution in [-0.4, -0.2) is 23.8 Å². The Bertz CT molecular complexity index is 715. The van der Waals surface area contributed by atoms with Gasteiger partial charge < -0.3 is 10.2 Å². The highest BCUT2D eigenvalue weighted by molar-refractivity contribution is 7.10. The third kappa shape index (κ3) is 3.48. The molecule has 1 aromatic carbocycles. The number of halogens is 1. The van der Waals surface area contributed by atoms with Crippen molar-refractivity contribution in [1.29, 1.82) is 0 Å². The Labute approximate surface area is 144 Å². The number of hydrogen-bond acceptors (Lipinski definition) is 3. The molecule has 0 radical (unpaired) electrons. The molecule has 1 N–H and O–H groups in total. The summed E-state index contributed by atoms with van der Waals surface area (Å²) in [6.07, 6.45) is 0.925. The molecule has 24 heavy (non-hydrogen) atoms. The summed E-state index contributed by atoms with van der Waals surface area (Å²) in [6, 6.07) is 9.74. The molecule has 2 atom stereocenters. The molecule has 1 aliphatic heterocycles. The van der Waals surface area contributed by atoms with E-state index in [1.165, 1.54) is 12.1 Å². The van der Waals surface area contributed by atoms with E-state index < -0.39 is 0 Å².